The molecule has 0 amide bonds. The first-order valence-corrected chi connectivity index (χ1v) is 4.05. The first kappa shape index (κ1) is 8.47. The van der Waals surface area contributed by atoms with Crippen LogP contribution < -0.4 is 0 Å². The highest BCUT2D eigenvalue weighted by Gasteiger charge is 2.32. The average molecular weight is 153 g/mol. The van der Waals surface area contributed by atoms with Gasteiger partial charge >= 0.3 is 0 Å². The molecule has 1 heterocycles. The first-order chi connectivity index (χ1) is 5.09. The molecule has 0 aliphatic carbocycles. The molecule has 11 heavy (non-hydrogen) atoms. The van der Waals surface area contributed by atoms with Gasteiger partial charge in [-0.05, 0) is 13.3 Å². The lowest BCUT2D eigenvalue weighted by Crippen LogP contribution is -2.41. The maximum atomic E-state index is 9.92. The van der Waals surface area contributed by atoms with Crippen molar-refractivity contribution < 1.29 is 5.11 Å². The van der Waals surface area contributed by atoms with E-state index < -0.39 is 5.60 Å². The van der Waals surface area contributed by atoms with Crippen LogP contribution >= 0.6 is 0 Å². The highest BCUT2D eigenvalue weighted by Crippen LogP contribution is 2.24. The Morgan fingerprint density at radius 3 is 2.82 bits per heavy atom. The number of hydrogen-bond donors (Lipinski definition) is 1. The summed E-state index contributed by atoms with van der Waals surface area (Å²) in [5.41, 5.74) is 0.149. The van der Waals surface area contributed by atoms with E-state index in [4.69, 9.17) is 0 Å². The molecule has 1 N–H and O–H groups in total. The summed E-state index contributed by atoms with van der Waals surface area (Å²) in [5.74, 6) is 0.176. The molecule has 0 aromatic heterocycles. The van der Waals surface area contributed by atoms with Crippen LogP contribution in [0.1, 0.15) is 27.2 Å². The molecule has 2 heteroatoms. The minimum atomic E-state index is -0.733. The van der Waals surface area contributed by atoms with E-state index in [1.165, 1.54) is 0 Å². The lowest BCUT2D eigenvalue weighted by Gasteiger charge is -2.31. The van der Waals surface area contributed by atoms with Crippen LogP contribution in [-0.2, 0) is 0 Å². The smallest absolute Gasteiger partial charge is 0.106 e. The molecular weight excluding hydrogens is 138 g/mol. The molecule has 0 saturated heterocycles. The number of hydrogen-bond acceptors (Lipinski definition) is 2. The summed E-state index contributed by atoms with van der Waals surface area (Å²) in [6.07, 6.45) is 4.53. The van der Waals surface area contributed by atoms with Crippen LogP contribution in [0.15, 0.2) is 17.3 Å². The van der Waals surface area contributed by atoms with Crippen LogP contribution in [0.25, 0.3) is 0 Å². The third-order valence-corrected chi connectivity index (χ3v) is 2.41. The predicted octanol–water partition coefficient (Wildman–Crippen LogP) is 1.75. The van der Waals surface area contributed by atoms with E-state index in [0.29, 0.717) is 0 Å². The van der Waals surface area contributed by atoms with Crippen molar-refractivity contribution in [2.24, 2.45) is 10.9 Å². The van der Waals surface area contributed by atoms with E-state index in [1.54, 1.807) is 6.20 Å². The van der Waals surface area contributed by atoms with Crippen LogP contribution in [0.5, 0.6) is 0 Å². The van der Waals surface area contributed by atoms with E-state index in [2.05, 4.69) is 4.99 Å². The van der Waals surface area contributed by atoms with Gasteiger partial charge in [-0.3, -0.25) is 4.99 Å². The third kappa shape index (κ3) is 1.36. The van der Waals surface area contributed by atoms with Crippen molar-refractivity contribution >= 4 is 5.71 Å². The quantitative estimate of drug-likeness (QED) is 0.611. The van der Waals surface area contributed by atoms with Crippen LogP contribution in [0.2, 0.25) is 0 Å². The van der Waals surface area contributed by atoms with Crippen molar-refractivity contribution in [2.45, 2.75) is 32.8 Å². The zero-order valence-electron chi connectivity index (χ0n) is 7.33. The summed E-state index contributed by atoms with van der Waals surface area (Å²) < 4.78 is 0. The van der Waals surface area contributed by atoms with Gasteiger partial charge < -0.3 is 5.11 Å². The Morgan fingerprint density at radius 1 is 1.73 bits per heavy atom. The summed E-state index contributed by atoms with van der Waals surface area (Å²) in [5, 5.41) is 9.92. The Morgan fingerprint density at radius 2 is 2.36 bits per heavy atom. The normalized spacial score (nSPS) is 37.1. The molecular formula is C9H15NO. The Kier molecular flexibility index (Phi) is 2.14. The number of nitrogens with zero attached hydrogens (tertiary/aromatic N) is 1. The summed E-state index contributed by atoms with van der Waals surface area (Å²) in [7, 11) is 0. The molecule has 2 atom stereocenters. The molecule has 0 saturated carbocycles. The van der Waals surface area contributed by atoms with E-state index >= 15 is 0 Å². The van der Waals surface area contributed by atoms with Crippen molar-refractivity contribution in [3.05, 3.63) is 12.3 Å². The van der Waals surface area contributed by atoms with Crippen LogP contribution in [0.4, 0.5) is 0 Å². The van der Waals surface area contributed by atoms with Gasteiger partial charge in [-0.1, -0.05) is 19.9 Å². The molecule has 0 spiro atoms. The lowest BCUT2D eigenvalue weighted by molar-refractivity contribution is 0.0912. The van der Waals surface area contributed by atoms with Gasteiger partial charge in [0.2, 0.25) is 0 Å². The molecule has 1 aliphatic rings. The predicted molar refractivity (Wildman–Crippen MR) is 46.7 cm³/mol. The molecule has 62 valence electrons. The first-order valence-electron chi connectivity index (χ1n) is 4.05. The fourth-order valence-electron chi connectivity index (χ4n) is 1.29. The zero-order valence-corrected chi connectivity index (χ0v) is 7.33. The number of aliphatic imine (C=N–C) groups is 1. The standard InChI is InChI=1S/C9H15NO/c1-4-8-9(3,11)7(2)5-6-10-8/h5-7,11H,4H2,1-3H3. The second kappa shape index (κ2) is 2.78. The SMILES string of the molecule is CCC1=NC=CC(C)C1(C)O. The van der Waals surface area contributed by atoms with Crippen LogP contribution in [0.3, 0.4) is 0 Å². The van der Waals surface area contributed by atoms with Crippen LogP contribution in [0, 0.1) is 5.92 Å². The minimum Gasteiger partial charge on any atom is -0.384 e. The summed E-state index contributed by atoms with van der Waals surface area (Å²) in [6, 6.07) is 0. The Balaban J connectivity index is 2.92. The topological polar surface area (TPSA) is 32.6 Å². The molecule has 1 rings (SSSR count). The highest BCUT2D eigenvalue weighted by molar-refractivity contribution is 5.93. The van der Waals surface area contributed by atoms with Gasteiger partial charge in [-0.15, -0.1) is 0 Å². The molecule has 0 aromatic carbocycles. The van der Waals surface area contributed by atoms with Crippen molar-refractivity contribution in [3.63, 3.8) is 0 Å². The Bertz CT molecular complexity index is 204. The van der Waals surface area contributed by atoms with E-state index in [0.717, 1.165) is 12.1 Å². The highest BCUT2D eigenvalue weighted by atomic mass is 16.3. The molecule has 0 radical (unpaired) electrons. The molecule has 0 bridgehead atoms. The lowest BCUT2D eigenvalue weighted by atomic mass is 9.83. The minimum absolute atomic E-state index is 0.176. The van der Waals surface area contributed by atoms with Crippen molar-refractivity contribution in [1.82, 2.24) is 0 Å². The average Bonchev–Trinajstić information content (AvgIpc) is 1.95. The van der Waals surface area contributed by atoms with Crippen molar-refractivity contribution in [2.75, 3.05) is 0 Å². The van der Waals surface area contributed by atoms with E-state index in [-0.39, 0.29) is 5.92 Å². The van der Waals surface area contributed by atoms with Gasteiger partial charge in [0.05, 0.1) is 0 Å². The molecule has 1 aliphatic heterocycles. The van der Waals surface area contributed by atoms with E-state index in [9.17, 15) is 5.11 Å². The van der Waals surface area contributed by atoms with Gasteiger partial charge in [-0.25, -0.2) is 0 Å². The van der Waals surface area contributed by atoms with Gasteiger partial charge in [0, 0.05) is 17.8 Å². The van der Waals surface area contributed by atoms with Crippen molar-refractivity contribution in [1.29, 1.82) is 0 Å². The Labute approximate surface area is 67.7 Å². The second-order valence-electron chi connectivity index (χ2n) is 3.21. The summed E-state index contributed by atoms with van der Waals surface area (Å²) >= 11 is 0. The summed E-state index contributed by atoms with van der Waals surface area (Å²) in [4.78, 5) is 4.14. The largest absolute Gasteiger partial charge is 0.384 e. The molecule has 2 nitrogen and oxygen atoms in total. The van der Waals surface area contributed by atoms with Crippen molar-refractivity contribution in [3.8, 4) is 0 Å². The zero-order chi connectivity index (χ0) is 8.48. The number of aliphatic hydroxyl groups is 1. The molecule has 0 aromatic rings. The second-order valence-corrected chi connectivity index (χ2v) is 3.21. The van der Waals surface area contributed by atoms with Gasteiger partial charge in [-0.2, -0.15) is 0 Å². The fourth-order valence-corrected chi connectivity index (χ4v) is 1.29. The molecule has 2 unspecified atom stereocenters. The third-order valence-electron chi connectivity index (χ3n) is 2.41. The monoisotopic (exact) mass is 153 g/mol. The fraction of sp³-hybridized carbons (Fsp3) is 0.667. The van der Waals surface area contributed by atoms with Gasteiger partial charge in [0.15, 0.2) is 0 Å². The molecule has 0 fully saturated rings. The maximum absolute atomic E-state index is 9.92. The van der Waals surface area contributed by atoms with Gasteiger partial charge in [0.1, 0.15) is 5.60 Å². The van der Waals surface area contributed by atoms with E-state index in [1.807, 2.05) is 26.8 Å². The number of rotatable bonds is 1. The van der Waals surface area contributed by atoms with Gasteiger partial charge in [0.25, 0.3) is 0 Å². The summed E-state index contributed by atoms with van der Waals surface area (Å²) in [6.45, 7) is 5.84. The Hall–Kier alpha value is -0.630. The van der Waals surface area contributed by atoms with Crippen LogP contribution in [-0.4, -0.2) is 16.4 Å². The maximum Gasteiger partial charge on any atom is 0.106 e.